The summed E-state index contributed by atoms with van der Waals surface area (Å²) in [6, 6.07) is 2.79. The standard InChI is InChI=1S/C11H12BrN3O3/c12-7-3-4-9(13-6-7)14-10(16)8-2-1-5-15(8)11(17)18/h3-4,6,8H,1-2,5H2,(H,17,18)(H,13,14,16). The first-order valence-electron chi connectivity index (χ1n) is 5.50. The molecule has 2 N–H and O–H groups in total. The van der Waals surface area contributed by atoms with Crippen molar-refractivity contribution in [1.82, 2.24) is 9.88 Å². The number of carbonyl (C=O) groups excluding carboxylic acids is 1. The van der Waals surface area contributed by atoms with Crippen LogP contribution in [0, 0.1) is 0 Å². The lowest BCUT2D eigenvalue weighted by Gasteiger charge is -2.20. The number of pyridine rings is 1. The number of nitrogens with one attached hydrogen (secondary N) is 1. The van der Waals surface area contributed by atoms with Crippen molar-refractivity contribution < 1.29 is 14.7 Å². The van der Waals surface area contributed by atoms with Gasteiger partial charge in [-0.3, -0.25) is 9.69 Å². The van der Waals surface area contributed by atoms with Crippen LogP contribution in [0.3, 0.4) is 0 Å². The van der Waals surface area contributed by atoms with Crippen LogP contribution in [0.2, 0.25) is 0 Å². The monoisotopic (exact) mass is 313 g/mol. The summed E-state index contributed by atoms with van der Waals surface area (Å²) in [6.45, 7) is 0.404. The first-order valence-corrected chi connectivity index (χ1v) is 6.29. The average Bonchev–Trinajstić information content (AvgIpc) is 2.81. The van der Waals surface area contributed by atoms with Crippen LogP contribution in [-0.2, 0) is 4.79 Å². The summed E-state index contributed by atoms with van der Waals surface area (Å²) in [7, 11) is 0. The van der Waals surface area contributed by atoms with Crippen LogP contribution in [0.1, 0.15) is 12.8 Å². The first-order chi connectivity index (χ1) is 8.58. The van der Waals surface area contributed by atoms with Crippen molar-refractivity contribution in [3.8, 4) is 0 Å². The van der Waals surface area contributed by atoms with Gasteiger partial charge in [-0.15, -0.1) is 0 Å². The summed E-state index contributed by atoms with van der Waals surface area (Å²) in [5, 5.41) is 11.6. The van der Waals surface area contributed by atoms with E-state index in [0.717, 1.165) is 9.37 Å². The van der Waals surface area contributed by atoms with Gasteiger partial charge < -0.3 is 10.4 Å². The van der Waals surface area contributed by atoms with Crippen LogP contribution in [0.25, 0.3) is 0 Å². The maximum absolute atomic E-state index is 11.9. The Bertz CT molecular complexity index is 463. The molecule has 1 aromatic rings. The molecule has 7 heteroatoms. The van der Waals surface area contributed by atoms with Crippen molar-refractivity contribution in [3.05, 3.63) is 22.8 Å². The summed E-state index contributed by atoms with van der Waals surface area (Å²) in [5.74, 6) is 0.0881. The Morgan fingerprint density at radius 1 is 1.50 bits per heavy atom. The number of rotatable bonds is 2. The van der Waals surface area contributed by atoms with E-state index >= 15 is 0 Å². The Morgan fingerprint density at radius 3 is 2.89 bits per heavy atom. The lowest BCUT2D eigenvalue weighted by atomic mass is 10.2. The molecule has 2 rings (SSSR count). The van der Waals surface area contributed by atoms with Crippen LogP contribution in [-0.4, -0.2) is 39.6 Å². The molecule has 1 atom stereocenters. The summed E-state index contributed by atoms with van der Waals surface area (Å²) in [6.07, 6.45) is 1.77. The van der Waals surface area contributed by atoms with E-state index in [1.807, 2.05) is 0 Å². The lowest BCUT2D eigenvalue weighted by Crippen LogP contribution is -2.42. The molecule has 1 fully saturated rings. The highest BCUT2D eigenvalue weighted by Crippen LogP contribution is 2.19. The number of likely N-dealkylation sites (tertiary alicyclic amines) is 1. The minimum atomic E-state index is -1.06. The SMILES string of the molecule is O=C(Nc1ccc(Br)cn1)C1CCCN1C(=O)O. The molecule has 0 saturated carbocycles. The third-order valence-corrected chi connectivity index (χ3v) is 3.25. The van der Waals surface area contributed by atoms with Gasteiger partial charge in [0.15, 0.2) is 0 Å². The van der Waals surface area contributed by atoms with E-state index in [-0.39, 0.29) is 5.91 Å². The number of carbonyl (C=O) groups is 2. The largest absolute Gasteiger partial charge is 0.465 e. The quantitative estimate of drug-likeness (QED) is 0.874. The number of carboxylic acid groups (broad SMARTS) is 1. The fourth-order valence-electron chi connectivity index (χ4n) is 1.93. The normalized spacial score (nSPS) is 18.7. The molecule has 0 spiro atoms. The summed E-state index contributed by atoms with van der Waals surface area (Å²) < 4.78 is 0.813. The van der Waals surface area contributed by atoms with Crippen molar-refractivity contribution in [1.29, 1.82) is 0 Å². The van der Waals surface area contributed by atoms with E-state index < -0.39 is 12.1 Å². The van der Waals surface area contributed by atoms with Gasteiger partial charge >= 0.3 is 6.09 Å². The van der Waals surface area contributed by atoms with E-state index in [1.165, 1.54) is 0 Å². The Labute approximate surface area is 112 Å². The number of nitrogens with zero attached hydrogens (tertiary/aromatic N) is 2. The molecule has 0 bridgehead atoms. The summed E-state index contributed by atoms with van der Waals surface area (Å²) >= 11 is 3.25. The van der Waals surface area contributed by atoms with Gasteiger partial charge in [-0.05, 0) is 40.9 Å². The molecule has 0 aromatic carbocycles. The van der Waals surface area contributed by atoms with Crippen molar-refractivity contribution in [2.24, 2.45) is 0 Å². The highest BCUT2D eigenvalue weighted by molar-refractivity contribution is 9.10. The van der Waals surface area contributed by atoms with E-state index in [2.05, 4.69) is 26.2 Å². The van der Waals surface area contributed by atoms with E-state index in [1.54, 1.807) is 18.3 Å². The van der Waals surface area contributed by atoms with Crippen LogP contribution < -0.4 is 5.32 Å². The molecule has 0 radical (unpaired) electrons. The molecule has 1 aromatic heterocycles. The van der Waals surface area contributed by atoms with Gasteiger partial charge in [0.2, 0.25) is 5.91 Å². The van der Waals surface area contributed by atoms with Crippen molar-refractivity contribution in [2.75, 3.05) is 11.9 Å². The van der Waals surface area contributed by atoms with Gasteiger partial charge in [-0.1, -0.05) is 0 Å². The predicted octanol–water partition coefficient (Wildman–Crippen LogP) is 1.93. The van der Waals surface area contributed by atoms with Crippen LogP contribution in [0.15, 0.2) is 22.8 Å². The Hall–Kier alpha value is -1.63. The zero-order chi connectivity index (χ0) is 13.1. The summed E-state index contributed by atoms with van der Waals surface area (Å²) in [5.41, 5.74) is 0. The molecule has 18 heavy (non-hydrogen) atoms. The number of anilines is 1. The molecule has 1 saturated heterocycles. The fraction of sp³-hybridized carbons (Fsp3) is 0.364. The number of amides is 2. The Kier molecular flexibility index (Phi) is 3.81. The molecule has 2 heterocycles. The zero-order valence-corrected chi connectivity index (χ0v) is 11.1. The van der Waals surface area contributed by atoms with E-state index in [0.29, 0.717) is 25.2 Å². The Morgan fingerprint density at radius 2 is 2.28 bits per heavy atom. The molecule has 1 unspecified atom stereocenters. The van der Waals surface area contributed by atoms with Gasteiger partial charge in [0.25, 0.3) is 0 Å². The van der Waals surface area contributed by atoms with Gasteiger partial charge in [0.1, 0.15) is 11.9 Å². The molecule has 1 aliphatic heterocycles. The fourth-order valence-corrected chi connectivity index (χ4v) is 2.16. The second kappa shape index (κ2) is 5.34. The second-order valence-electron chi connectivity index (χ2n) is 3.98. The van der Waals surface area contributed by atoms with Crippen molar-refractivity contribution in [2.45, 2.75) is 18.9 Å². The molecule has 0 aliphatic carbocycles. The number of aromatic nitrogens is 1. The lowest BCUT2D eigenvalue weighted by molar-refractivity contribution is -0.119. The molecular weight excluding hydrogens is 302 g/mol. The van der Waals surface area contributed by atoms with Crippen LogP contribution >= 0.6 is 15.9 Å². The minimum Gasteiger partial charge on any atom is -0.465 e. The number of hydrogen-bond donors (Lipinski definition) is 2. The summed E-state index contributed by atoms with van der Waals surface area (Å²) in [4.78, 5) is 28.1. The Balaban J connectivity index is 2.03. The smallest absolute Gasteiger partial charge is 0.407 e. The average molecular weight is 314 g/mol. The van der Waals surface area contributed by atoms with E-state index in [9.17, 15) is 9.59 Å². The van der Waals surface area contributed by atoms with Crippen molar-refractivity contribution in [3.63, 3.8) is 0 Å². The second-order valence-corrected chi connectivity index (χ2v) is 4.90. The highest BCUT2D eigenvalue weighted by Gasteiger charge is 2.34. The van der Waals surface area contributed by atoms with Crippen molar-refractivity contribution >= 4 is 33.7 Å². The molecular formula is C11H12BrN3O3. The number of halogens is 1. The van der Waals surface area contributed by atoms with Gasteiger partial charge in [-0.2, -0.15) is 0 Å². The first kappa shape index (κ1) is 12.8. The van der Waals surface area contributed by atoms with Crippen LogP contribution in [0.5, 0.6) is 0 Å². The van der Waals surface area contributed by atoms with Gasteiger partial charge in [-0.25, -0.2) is 9.78 Å². The number of hydrogen-bond acceptors (Lipinski definition) is 3. The highest BCUT2D eigenvalue weighted by atomic mass is 79.9. The molecule has 2 amide bonds. The third kappa shape index (κ3) is 2.79. The van der Waals surface area contributed by atoms with E-state index in [4.69, 9.17) is 5.11 Å². The van der Waals surface area contributed by atoms with Gasteiger partial charge in [0, 0.05) is 17.2 Å². The minimum absolute atomic E-state index is 0.329. The molecule has 1 aliphatic rings. The third-order valence-electron chi connectivity index (χ3n) is 2.78. The van der Waals surface area contributed by atoms with Gasteiger partial charge in [0.05, 0.1) is 0 Å². The van der Waals surface area contributed by atoms with Crippen LogP contribution in [0.4, 0.5) is 10.6 Å². The molecule has 6 nitrogen and oxygen atoms in total. The maximum atomic E-state index is 11.9. The maximum Gasteiger partial charge on any atom is 0.407 e. The molecule has 96 valence electrons. The predicted molar refractivity (Wildman–Crippen MR) is 68.3 cm³/mol. The topological polar surface area (TPSA) is 82.5 Å². The zero-order valence-electron chi connectivity index (χ0n) is 9.47.